The van der Waals surface area contributed by atoms with E-state index in [2.05, 4.69) is 32.8 Å². The van der Waals surface area contributed by atoms with Crippen LogP contribution in [0.15, 0.2) is 23.4 Å². The van der Waals surface area contributed by atoms with Gasteiger partial charge in [0.15, 0.2) is 0 Å². The molecule has 0 atom stereocenters. The number of nitrogens with one attached hydrogen (secondary N) is 1. The average molecular weight is 507 g/mol. The Kier molecular flexibility index (Phi) is 9.19. The second-order valence-electron chi connectivity index (χ2n) is 8.17. The first-order valence-electron chi connectivity index (χ1n) is 11.0. The quantitative estimate of drug-likeness (QED) is 0.241. The van der Waals surface area contributed by atoms with E-state index in [-0.39, 0.29) is 0 Å². The van der Waals surface area contributed by atoms with Crippen molar-refractivity contribution >= 4 is 69.4 Å². The van der Waals surface area contributed by atoms with Crippen LogP contribution in [0.1, 0.15) is 30.2 Å². The molecule has 4 rings (SSSR count). The van der Waals surface area contributed by atoms with Crippen LogP contribution in [0.25, 0.3) is 10.2 Å². The van der Waals surface area contributed by atoms with E-state index in [1.807, 2.05) is 27.1 Å². The Bertz CT molecular complexity index is 1100. The number of halogens is 1. The number of hydrogen-bond acceptors (Lipinski definition) is 8. The summed E-state index contributed by atoms with van der Waals surface area (Å²) < 4.78 is 0. The minimum atomic E-state index is 0.552. The van der Waals surface area contributed by atoms with Crippen LogP contribution in [0.4, 0.5) is 17.2 Å². The summed E-state index contributed by atoms with van der Waals surface area (Å²) in [5, 5.41) is 5.02. The van der Waals surface area contributed by atoms with Gasteiger partial charge >= 0.3 is 0 Å². The van der Waals surface area contributed by atoms with Crippen LogP contribution in [-0.2, 0) is 17.6 Å². The lowest BCUT2D eigenvalue weighted by atomic mass is 9.97. The third-order valence-corrected chi connectivity index (χ3v) is 7.41. The number of nitrogens with two attached hydrogens (primary N) is 1. The van der Waals surface area contributed by atoms with Gasteiger partial charge in [-0.25, -0.2) is 9.97 Å². The zero-order valence-electron chi connectivity index (χ0n) is 19.3. The Labute approximate surface area is 209 Å². The summed E-state index contributed by atoms with van der Waals surface area (Å²) in [6, 6.07) is 3.53. The predicted molar refractivity (Wildman–Crippen MR) is 142 cm³/mol. The Morgan fingerprint density at radius 1 is 1.24 bits per heavy atom. The molecule has 178 valence electrons. The number of carbonyl (C=O) groups is 1. The summed E-state index contributed by atoms with van der Waals surface area (Å²) in [4.78, 5) is 26.1. The van der Waals surface area contributed by atoms with E-state index in [0.29, 0.717) is 15.6 Å². The summed E-state index contributed by atoms with van der Waals surface area (Å²) in [7, 11) is 4.00. The number of aryl methyl sites for hydroxylation is 2. The van der Waals surface area contributed by atoms with Gasteiger partial charge in [-0.15, -0.1) is 24.0 Å². The topological polar surface area (TPSA) is 87.4 Å². The molecule has 1 aromatic carbocycles. The highest BCUT2D eigenvalue weighted by Gasteiger charge is 2.20. The predicted octanol–water partition coefficient (Wildman–Crippen LogP) is 4.86. The first-order valence-corrected chi connectivity index (χ1v) is 12.6. The SMILES string of the molecule is CCN(C=O)CCN(C)C.Nc1cc(Cl)c(Nc2ncnc3sc4c(c23)CCCC4)cc1S. The molecule has 0 fully saturated rings. The van der Waals surface area contributed by atoms with E-state index >= 15 is 0 Å². The maximum absolute atomic E-state index is 10.3. The van der Waals surface area contributed by atoms with E-state index in [1.165, 1.54) is 23.3 Å². The van der Waals surface area contributed by atoms with E-state index in [4.69, 9.17) is 17.3 Å². The Balaban J connectivity index is 0.000000262. The largest absolute Gasteiger partial charge is 0.398 e. The van der Waals surface area contributed by atoms with Crippen LogP contribution in [-0.4, -0.2) is 59.9 Å². The van der Waals surface area contributed by atoms with E-state index in [9.17, 15) is 4.79 Å². The number of nitrogens with zero attached hydrogens (tertiary/aromatic N) is 4. The molecular formula is C23H31ClN6OS2. The van der Waals surface area contributed by atoms with Crippen molar-refractivity contribution in [3.63, 3.8) is 0 Å². The molecule has 1 aliphatic carbocycles. The van der Waals surface area contributed by atoms with Crippen molar-refractivity contribution in [2.24, 2.45) is 0 Å². The number of carbonyl (C=O) groups excluding carboxylic acids is 1. The van der Waals surface area contributed by atoms with E-state index in [0.717, 1.165) is 60.6 Å². The van der Waals surface area contributed by atoms with Crippen molar-refractivity contribution < 1.29 is 4.79 Å². The zero-order valence-corrected chi connectivity index (χ0v) is 21.7. The molecule has 33 heavy (non-hydrogen) atoms. The number of anilines is 3. The van der Waals surface area contributed by atoms with E-state index < -0.39 is 0 Å². The Morgan fingerprint density at radius 2 is 2.00 bits per heavy atom. The number of amides is 1. The molecule has 0 spiro atoms. The molecule has 10 heteroatoms. The molecule has 2 aromatic heterocycles. The molecule has 0 bridgehead atoms. The summed E-state index contributed by atoms with van der Waals surface area (Å²) in [6.07, 6.45) is 7.19. The number of benzene rings is 1. The van der Waals surface area contributed by atoms with Crippen molar-refractivity contribution in [2.75, 3.05) is 44.8 Å². The molecule has 0 aliphatic heterocycles. The van der Waals surface area contributed by atoms with Gasteiger partial charge in [0.05, 0.1) is 16.1 Å². The van der Waals surface area contributed by atoms with Crippen LogP contribution < -0.4 is 11.1 Å². The van der Waals surface area contributed by atoms with Crippen molar-refractivity contribution in [2.45, 2.75) is 37.5 Å². The van der Waals surface area contributed by atoms with Gasteiger partial charge in [0.25, 0.3) is 0 Å². The van der Waals surface area contributed by atoms with Crippen molar-refractivity contribution in [1.82, 2.24) is 19.8 Å². The molecule has 1 aliphatic rings. The number of aromatic nitrogens is 2. The third-order valence-electron chi connectivity index (χ3n) is 5.51. The number of thiophene rings is 1. The second kappa shape index (κ2) is 11.9. The fraction of sp³-hybridized carbons (Fsp3) is 0.435. The molecule has 1 amide bonds. The standard InChI is InChI=1S/C16H15ClN4S2.C7H16N2O/c17-9-5-10(18)12(22)6-11(9)21-15-14-8-3-1-2-4-13(8)23-16(14)20-7-19-15;1-4-9(7-10)6-5-8(2)3/h5-7,22H,1-4,18H2,(H,19,20,21);7H,4-6H2,1-3H3. The van der Waals surface area contributed by atoms with Gasteiger partial charge in [-0.2, -0.15) is 0 Å². The molecule has 7 nitrogen and oxygen atoms in total. The smallest absolute Gasteiger partial charge is 0.209 e. The Morgan fingerprint density at radius 3 is 2.70 bits per heavy atom. The van der Waals surface area contributed by atoms with Crippen LogP contribution in [0.3, 0.4) is 0 Å². The van der Waals surface area contributed by atoms with Gasteiger partial charge in [0.2, 0.25) is 6.41 Å². The Hall–Kier alpha value is -2.07. The lowest BCUT2D eigenvalue weighted by molar-refractivity contribution is -0.118. The molecule has 0 radical (unpaired) electrons. The maximum atomic E-state index is 10.3. The number of hydrogen-bond donors (Lipinski definition) is 3. The summed E-state index contributed by atoms with van der Waals surface area (Å²) >= 11 is 12.4. The second-order valence-corrected chi connectivity index (χ2v) is 10.1. The van der Waals surface area contributed by atoms with Crippen molar-refractivity contribution in [1.29, 1.82) is 0 Å². The first-order chi connectivity index (χ1) is 15.8. The zero-order chi connectivity index (χ0) is 24.0. The van der Waals surface area contributed by atoms with Gasteiger partial charge in [0.1, 0.15) is 17.0 Å². The number of nitrogen functional groups attached to an aromatic ring is 1. The van der Waals surface area contributed by atoms with Crippen LogP contribution in [0, 0.1) is 0 Å². The van der Waals surface area contributed by atoms with Crippen LogP contribution in [0.2, 0.25) is 5.02 Å². The fourth-order valence-corrected chi connectivity index (χ4v) is 5.24. The molecule has 0 saturated carbocycles. The van der Waals surface area contributed by atoms with Crippen molar-refractivity contribution in [3.05, 3.63) is 33.9 Å². The van der Waals surface area contributed by atoms with E-state index in [1.54, 1.807) is 28.6 Å². The molecule has 3 N–H and O–H groups in total. The van der Waals surface area contributed by atoms with Gasteiger partial charge in [0, 0.05) is 35.1 Å². The highest BCUT2D eigenvalue weighted by atomic mass is 35.5. The lowest BCUT2D eigenvalue weighted by Gasteiger charge is -2.17. The minimum Gasteiger partial charge on any atom is -0.398 e. The van der Waals surface area contributed by atoms with Gasteiger partial charge in [-0.1, -0.05) is 11.6 Å². The minimum absolute atomic E-state index is 0.552. The lowest BCUT2D eigenvalue weighted by Crippen LogP contribution is -2.30. The van der Waals surface area contributed by atoms with Gasteiger partial charge < -0.3 is 20.9 Å². The monoisotopic (exact) mass is 506 g/mol. The molecule has 0 unspecified atom stereocenters. The number of fused-ring (bicyclic) bond motifs is 3. The van der Waals surface area contributed by atoms with Crippen molar-refractivity contribution in [3.8, 4) is 0 Å². The average Bonchev–Trinajstić information content (AvgIpc) is 3.18. The first kappa shape index (κ1) is 25.6. The van der Waals surface area contributed by atoms with Gasteiger partial charge in [-0.3, -0.25) is 4.79 Å². The molecular weight excluding hydrogens is 476 g/mol. The summed E-state index contributed by atoms with van der Waals surface area (Å²) in [6.45, 7) is 4.54. The third kappa shape index (κ3) is 6.50. The summed E-state index contributed by atoms with van der Waals surface area (Å²) in [5.74, 6) is 0.800. The summed E-state index contributed by atoms with van der Waals surface area (Å²) in [5.41, 5.74) is 8.53. The number of rotatable bonds is 7. The number of thiol groups is 1. The fourth-order valence-electron chi connectivity index (χ4n) is 3.60. The molecule has 2 heterocycles. The maximum Gasteiger partial charge on any atom is 0.209 e. The van der Waals surface area contributed by atoms with Crippen LogP contribution in [0.5, 0.6) is 0 Å². The normalized spacial score (nSPS) is 12.8. The molecule has 3 aromatic rings. The molecule has 0 saturated heterocycles. The number of likely N-dealkylation sites (N-methyl/N-ethyl adjacent to an activating group) is 2. The highest BCUT2D eigenvalue weighted by molar-refractivity contribution is 7.80. The highest BCUT2D eigenvalue weighted by Crippen LogP contribution is 2.40. The van der Waals surface area contributed by atoms with Crippen LogP contribution >= 0.6 is 35.6 Å². The van der Waals surface area contributed by atoms with Gasteiger partial charge in [-0.05, 0) is 64.4 Å².